The Kier molecular flexibility index (Phi) is 5.60. The van der Waals surface area contributed by atoms with Crippen molar-refractivity contribution in [3.05, 3.63) is 106 Å². The van der Waals surface area contributed by atoms with Gasteiger partial charge in [0.05, 0.1) is 0 Å². The highest BCUT2D eigenvalue weighted by Crippen LogP contribution is 2.23. The molecule has 3 aromatic carbocycles. The van der Waals surface area contributed by atoms with Gasteiger partial charge in [0.1, 0.15) is 22.9 Å². The lowest BCUT2D eigenvalue weighted by atomic mass is 10.2. The molecule has 4 rings (SSSR count). The van der Waals surface area contributed by atoms with Crippen LogP contribution in [0.5, 0.6) is 5.75 Å². The number of ether oxygens (including phenoxy) is 2. The van der Waals surface area contributed by atoms with Crippen LogP contribution in [-0.2, 0) is 9.53 Å². The van der Waals surface area contributed by atoms with Crippen LogP contribution in [0.4, 0.5) is 8.78 Å². The van der Waals surface area contributed by atoms with Crippen molar-refractivity contribution < 1.29 is 27.8 Å². The summed E-state index contributed by atoms with van der Waals surface area (Å²) < 4.78 is 37.6. The lowest BCUT2D eigenvalue weighted by Gasteiger charge is -2.06. The molecule has 0 aromatic heterocycles. The largest absolute Gasteiger partial charge is 0.423 e. The molecule has 3 aromatic rings. The third-order valence-electron chi connectivity index (χ3n) is 4.25. The summed E-state index contributed by atoms with van der Waals surface area (Å²) in [5, 5.41) is 0.481. The van der Waals surface area contributed by atoms with Gasteiger partial charge in [-0.25, -0.2) is 23.4 Å². The zero-order chi connectivity index (χ0) is 22.0. The van der Waals surface area contributed by atoms with Gasteiger partial charge in [-0.1, -0.05) is 35.9 Å². The highest BCUT2D eigenvalue weighted by Gasteiger charge is 2.24. The molecule has 0 unspecified atom stereocenters. The quantitative estimate of drug-likeness (QED) is 0.319. The number of aliphatic imine (C=N–C) groups is 1. The SMILES string of the molecule is O=C1OC(c2cccc(Cl)c2)=N/C1=C/c1ccc(OC(=O)c2c(F)cccc2F)cc1. The number of halogens is 3. The maximum atomic E-state index is 13.7. The van der Waals surface area contributed by atoms with E-state index in [-0.39, 0.29) is 17.3 Å². The van der Waals surface area contributed by atoms with Gasteiger partial charge in [-0.05, 0) is 54.1 Å². The number of hydrogen-bond donors (Lipinski definition) is 0. The minimum Gasteiger partial charge on any atom is -0.423 e. The summed E-state index contributed by atoms with van der Waals surface area (Å²) in [5.74, 6) is -3.60. The maximum Gasteiger partial charge on any atom is 0.363 e. The molecular weight excluding hydrogens is 428 g/mol. The monoisotopic (exact) mass is 439 g/mol. The van der Waals surface area contributed by atoms with Crippen LogP contribution in [0, 0.1) is 11.6 Å². The molecule has 154 valence electrons. The first-order valence-corrected chi connectivity index (χ1v) is 9.33. The highest BCUT2D eigenvalue weighted by atomic mass is 35.5. The summed E-state index contributed by atoms with van der Waals surface area (Å²) >= 11 is 5.95. The summed E-state index contributed by atoms with van der Waals surface area (Å²) in [4.78, 5) is 28.3. The number of benzene rings is 3. The van der Waals surface area contributed by atoms with E-state index in [1.165, 1.54) is 18.2 Å². The molecule has 0 atom stereocenters. The fraction of sp³-hybridized carbons (Fsp3) is 0. The fourth-order valence-electron chi connectivity index (χ4n) is 2.79. The number of carbonyl (C=O) groups excluding carboxylic acids is 2. The number of cyclic esters (lactones) is 1. The molecular formula is C23H12ClF2NO4. The standard InChI is InChI=1S/C23H12ClF2NO4/c24-15-4-1-3-14(12-15)21-27-19(22(28)31-21)11-13-7-9-16(10-8-13)30-23(29)20-17(25)5-2-6-18(20)26/h1-12H/b19-11+. The van der Waals surface area contributed by atoms with Crippen molar-refractivity contribution in [2.45, 2.75) is 0 Å². The Balaban J connectivity index is 1.51. The molecule has 0 amide bonds. The van der Waals surface area contributed by atoms with E-state index in [0.717, 1.165) is 18.2 Å². The van der Waals surface area contributed by atoms with Crippen LogP contribution in [0.1, 0.15) is 21.5 Å². The van der Waals surface area contributed by atoms with Gasteiger partial charge >= 0.3 is 11.9 Å². The molecule has 0 radical (unpaired) electrons. The van der Waals surface area contributed by atoms with Crippen LogP contribution in [-0.4, -0.2) is 17.8 Å². The zero-order valence-electron chi connectivity index (χ0n) is 15.6. The van der Waals surface area contributed by atoms with E-state index in [0.29, 0.717) is 16.1 Å². The molecule has 1 aliphatic rings. The van der Waals surface area contributed by atoms with Gasteiger partial charge in [0.25, 0.3) is 0 Å². The van der Waals surface area contributed by atoms with Crippen LogP contribution in [0.3, 0.4) is 0 Å². The number of carbonyl (C=O) groups is 2. The number of rotatable bonds is 4. The van der Waals surface area contributed by atoms with Crippen LogP contribution >= 0.6 is 11.6 Å². The minimum absolute atomic E-state index is 0.0759. The maximum absolute atomic E-state index is 13.7. The van der Waals surface area contributed by atoms with Gasteiger partial charge in [-0.2, -0.15) is 0 Å². The normalized spacial score (nSPS) is 14.4. The van der Waals surface area contributed by atoms with Gasteiger partial charge in [0, 0.05) is 10.6 Å². The summed E-state index contributed by atoms with van der Waals surface area (Å²) in [6, 6.07) is 15.8. The van der Waals surface area contributed by atoms with Crippen molar-refractivity contribution in [2.24, 2.45) is 4.99 Å². The molecule has 1 heterocycles. The number of hydrogen-bond acceptors (Lipinski definition) is 5. The molecule has 0 spiro atoms. The van der Waals surface area contributed by atoms with Gasteiger partial charge in [0.2, 0.25) is 5.90 Å². The lowest BCUT2D eigenvalue weighted by molar-refractivity contribution is -0.129. The third-order valence-corrected chi connectivity index (χ3v) is 4.49. The van der Waals surface area contributed by atoms with Crippen LogP contribution in [0.2, 0.25) is 5.02 Å². The van der Waals surface area contributed by atoms with Gasteiger partial charge < -0.3 is 9.47 Å². The second-order valence-electron chi connectivity index (χ2n) is 6.40. The zero-order valence-corrected chi connectivity index (χ0v) is 16.4. The van der Waals surface area contributed by atoms with E-state index in [2.05, 4.69) is 4.99 Å². The molecule has 0 N–H and O–H groups in total. The van der Waals surface area contributed by atoms with Gasteiger partial charge in [-0.3, -0.25) is 0 Å². The average molecular weight is 440 g/mol. The van der Waals surface area contributed by atoms with Crippen molar-refractivity contribution in [3.63, 3.8) is 0 Å². The minimum atomic E-state index is -1.16. The van der Waals surface area contributed by atoms with E-state index in [1.54, 1.807) is 36.4 Å². The summed E-state index contributed by atoms with van der Waals surface area (Å²) in [5.41, 5.74) is 0.435. The molecule has 8 heteroatoms. The summed E-state index contributed by atoms with van der Waals surface area (Å²) in [7, 11) is 0. The van der Waals surface area contributed by atoms with Crippen molar-refractivity contribution in [1.29, 1.82) is 0 Å². The predicted octanol–water partition coefficient (Wildman–Crippen LogP) is 5.18. The van der Waals surface area contributed by atoms with E-state index in [9.17, 15) is 18.4 Å². The van der Waals surface area contributed by atoms with E-state index < -0.39 is 29.1 Å². The topological polar surface area (TPSA) is 65.0 Å². The first-order valence-electron chi connectivity index (χ1n) is 8.95. The predicted molar refractivity (Wildman–Crippen MR) is 110 cm³/mol. The van der Waals surface area contributed by atoms with Crippen molar-refractivity contribution in [1.82, 2.24) is 0 Å². The second kappa shape index (κ2) is 8.49. The van der Waals surface area contributed by atoms with E-state index in [4.69, 9.17) is 21.1 Å². The van der Waals surface area contributed by atoms with Gasteiger partial charge in [-0.15, -0.1) is 0 Å². The Bertz CT molecular complexity index is 1230. The van der Waals surface area contributed by atoms with Crippen molar-refractivity contribution in [2.75, 3.05) is 0 Å². The summed E-state index contributed by atoms with van der Waals surface area (Å²) in [6.07, 6.45) is 1.49. The average Bonchev–Trinajstić information content (AvgIpc) is 3.10. The molecule has 1 aliphatic heterocycles. The molecule has 0 saturated heterocycles. The Morgan fingerprint density at radius 3 is 2.35 bits per heavy atom. The van der Waals surface area contributed by atoms with Crippen LogP contribution in [0.25, 0.3) is 6.08 Å². The molecule has 0 saturated carbocycles. The molecule has 31 heavy (non-hydrogen) atoms. The fourth-order valence-corrected chi connectivity index (χ4v) is 2.99. The highest BCUT2D eigenvalue weighted by molar-refractivity contribution is 6.31. The van der Waals surface area contributed by atoms with E-state index in [1.807, 2.05) is 0 Å². The van der Waals surface area contributed by atoms with Crippen molar-refractivity contribution >= 4 is 35.5 Å². The Morgan fingerprint density at radius 2 is 1.68 bits per heavy atom. The molecule has 0 fully saturated rings. The molecule has 0 bridgehead atoms. The Hall–Kier alpha value is -3.84. The van der Waals surface area contributed by atoms with Crippen molar-refractivity contribution in [3.8, 4) is 5.75 Å². The van der Waals surface area contributed by atoms with Crippen LogP contribution in [0.15, 0.2) is 77.4 Å². The first kappa shape index (κ1) is 20.4. The number of esters is 2. The van der Waals surface area contributed by atoms with Gasteiger partial charge in [0.15, 0.2) is 5.70 Å². The second-order valence-corrected chi connectivity index (χ2v) is 6.84. The Morgan fingerprint density at radius 1 is 1.00 bits per heavy atom. The lowest BCUT2D eigenvalue weighted by Crippen LogP contribution is -2.13. The summed E-state index contributed by atoms with van der Waals surface area (Å²) in [6.45, 7) is 0. The van der Waals surface area contributed by atoms with E-state index >= 15 is 0 Å². The Labute approximate surface area is 180 Å². The van der Waals surface area contributed by atoms with Crippen LogP contribution < -0.4 is 4.74 Å². The third kappa shape index (κ3) is 4.51. The molecule has 5 nitrogen and oxygen atoms in total. The molecule has 0 aliphatic carbocycles. The smallest absolute Gasteiger partial charge is 0.363 e. The number of nitrogens with zero attached hydrogens (tertiary/aromatic N) is 1. The first-order chi connectivity index (χ1) is 14.9.